The molecule has 2 N–H and O–H groups in total. The van der Waals surface area contributed by atoms with Crippen LogP contribution < -0.4 is 10.6 Å². The summed E-state index contributed by atoms with van der Waals surface area (Å²) < 4.78 is 2.01. The summed E-state index contributed by atoms with van der Waals surface area (Å²) in [5.74, 6) is 0.780. The fourth-order valence-electron chi connectivity index (χ4n) is 2.72. The fraction of sp³-hybridized carbons (Fsp3) is 0.200. The van der Waals surface area contributed by atoms with Crippen LogP contribution in [0.2, 0.25) is 0 Å². The minimum absolute atomic E-state index is 0.682. The van der Waals surface area contributed by atoms with Crippen LogP contribution in [0, 0.1) is 6.92 Å². The van der Waals surface area contributed by atoms with Crippen molar-refractivity contribution in [1.29, 1.82) is 0 Å². The van der Waals surface area contributed by atoms with Gasteiger partial charge in [0.2, 0.25) is 0 Å². The number of benzene rings is 2. The van der Waals surface area contributed by atoms with Gasteiger partial charge in [0.05, 0.1) is 12.0 Å². The SMILES string of the molecule is CN=C(NCc1cccc(C)c1)NCc1ccccc1-n1ccnc1. The predicted molar refractivity (Wildman–Crippen MR) is 102 cm³/mol. The van der Waals surface area contributed by atoms with E-state index in [1.54, 1.807) is 13.2 Å². The van der Waals surface area contributed by atoms with E-state index in [-0.39, 0.29) is 0 Å². The van der Waals surface area contributed by atoms with Crippen molar-refractivity contribution in [3.05, 3.63) is 83.9 Å². The third kappa shape index (κ3) is 4.47. The third-order valence-electron chi connectivity index (χ3n) is 3.99. The number of hydrogen-bond donors (Lipinski definition) is 2. The van der Waals surface area contributed by atoms with Crippen LogP contribution >= 0.6 is 0 Å². The van der Waals surface area contributed by atoms with Crippen molar-refractivity contribution in [2.75, 3.05) is 7.05 Å². The summed E-state index contributed by atoms with van der Waals surface area (Å²) in [6, 6.07) is 16.7. The number of aryl methyl sites for hydroxylation is 1. The second-order valence-electron chi connectivity index (χ2n) is 5.87. The maximum absolute atomic E-state index is 4.31. The molecule has 3 aromatic rings. The summed E-state index contributed by atoms with van der Waals surface area (Å²) in [4.78, 5) is 8.44. The highest BCUT2D eigenvalue weighted by Gasteiger charge is 2.05. The normalized spacial score (nSPS) is 11.4. The Balaban J connectivity index is 1.62. The van der Waals surface area contributed by atoms with E-state index < -0.39 is 0 Å². The lowest BCUT2D eigenvalue weighted by Gasteiger charge is -2.15. The summed E-state index contributed by atoms with van der Waals surface area (Å²) >= 11 is 0. The van der Waals surface area contributed by atoms with Crippen molar-refractivity contribution in [2.24, 2.45) is 4.99 Å². The number of rotatable bonds is 5. The zero-order chi connectivity index (χ0) is 17.5. The Morgan fingerprint density at radius 2 is 1.92 bits per heavy atom. The topological polar surface area (TPSA) is 54.2 Å². The number of aliphatic imine (C=N–C) groups is 1. The summed E-state index contributed by atoms with van der Waals surface area (Å²) in [5.41, 5.74) is 4.79. The Hall–Kier alpha value is -3.08. The molecular formula is C20H23N5. The quantitative estimate of drug-likeness (QED) is 0.557. The second kappa shape index (κ2) is 8.15. The van der Waals surface area contributed by atoms with Crippen molar-refractivity contribution in [3.63, 3.8) is 0 Å². The number of nitrogens with one attached hydrogen (secondary N) is 2. The van der Waals surface area contributed by atoms with E-state index >= 15 is 0 Å². The molecular weight excluding hydrogens is 310 g/mol. The standard InChI is InChI=1S/C20H23N5/c1-16-6-5-7-17(12-16)13-23-20(21-2)24-14-18-8-3-4-9-19(18)25-11-10-22-15-25/h3-12,15H,13-14H2,1-2H3,(H2,21,23,24). The van der Waals surface area contributed by atoms with E-state index in [9.17, 15) is 0 Å². The lowest BCUT2D eigenvalue weighted by Crippen LogP contribution is -2.36. The summed E-state index contributed by atoms with van der Waals surface area (Å²) in [5, 5.41) is 6.74. The first-order valence-electron chi connectivity index (χ1n) is 8.32. The molecule has 5 heteroatoms. The molecule has 0 radical (unpaired) electrons. The predicted octanol–water partition coefficient (Wildman–Crippen LogP) is 3.05. The van der Waals surface area contributed by atoms with Crippen molar-refractivity contribution >= 4 is 5.96 Å². The molecule has 0 bridgehead atoms. The molecule has 25 heavy (non-hydrogen) atoms. The highest BCUT2D eigenvalue weighted by molar-refractivity contribution is 5.79. The van der Waals surface area contributed by atoms with Gasteiger partial charge in [-0.1, -0.05) is 48.0 Å². The Morgan fingerprint density at radius 3 is 2.68 bits per heavy atom. The van der Waals surface area contributed by atoms with Gasteiger partial charge in [0.15, 0.2) is 5.96 Å². The van der Waals surface area contributed by atoms with Crippen LogP contribution in [-0.4, -0.2) is 22.6 Å². The number of guanidine groups is 1. The molecule has 0 aliphatic carbocycles. The molecule has 0 aliphatic heterocycles. The highest BCUT2D eigenvalue weighted by atomic mass is 15.2. The monoisotopic (exact) mass is 333 g/mol. The highest BCUT2D eigenvalue weighted by Crippen LogP contribution is 2.13. The average Bonchev–Trinajstić information content (AvgIpc) is 3.17. The van der Waals surface area contributed by atoms with Gasteiger partial charge in [0.1, 0.15) is 0 Å². The van der Waals surface area contributed by atoms with Gasteiger partial charge in [-0.3, -0.25) is 4.99 Å². The van der Waals surface area contributed by atoms with E-state index in [1.807, 2.05) is 29.2 Å². The smallest absolute Gasteiger partial charge is 0.191 e. The Bertz CT molecular complexity index is 837. The van der Waals surface area contributed by atoms with Crippen molar-refractivity contribution in [1.82, 2.24) is 20.2 Å². The first kappa shape index (κ1) is 16.8. The Morgan fingerprint density at radius 1 is 1.08 bits per heavy atom. The van der Waals surface area contributed by atoms with Gasteiger partial charge in [-0.25, -0.2) is 4.98 Å². The van der Waals surface area contributed by atoms with Crippen LogP contribution in [0.15, 0.2) is 72.2 Å². The van der Waals surface area contributed by atoms with E-state index in [0.717, 1.165) is 18.2 Å². The van der Waals surface area contributed by atoms with Gasteiger partial charge in [-0.2, -0.15) is 0 Å². The maximum Gasteiger partial charge on any atom is 0.191 e. The zero-order valence-corrected chi connectivity index (χ0v) is 14.6. The number of hydrogen-bond acceptors (Lipinski definition) is 2. The van der Waals surface area contributed by atoms with Gasteiger partial charge >= 0.3 is 0 Å². The van der Waals surface area contributed by atoms with Crippen LogP contribution in [0.4, 0.5) is 0 Å². The second-order valence-corrected chi connectivity index (χ2v) is 5.87. The molecule has 1 aromatic heterocycles. The first-order valence-corrected chi connectivity index (χ1v) is 8.32. The Labute approximate surface area is 148 Å². The van der Waals surface area contributed by atoms with E-state index in [2.05, 4.69) is 63.9 Å². The van der Waals surface area contributed by atoms with E-state index in [0.29, 0.717) is 6.54 Å². The summed E-state index contributed by atoms with van der Waals surface area (Å²) in [6.45, 7) is 3.52. The molecule has 0 aliphatic rings. The summed E-state index contributed by atoms with van der Waals surface area (Å²) in [7, 11) is 1.79. The minimum Gasteiger partial charge on any atom is -0.352 e. The average molecular weight is 333 g/mol. The molecule has 0 amide bonds. The lowest BCUT2D eigenvalue weighted by atomic mass is 10.1. The number of nitrogens with zero attached hydrogens (tertiary/aromatic N) is 3. The number of para-hydroxylation sites is 1. The zero-order valence-electron chi connectivity index (χ0n) is 14.6. The molecule has 0 spiro atoms. The molecule has 5 nitrogen and oxygen atoms in total. The summed E-state index contributed by atoms with van der Waals surface area (Å²) in [6.07, 6.45) is 5.54. The molecule has 2 aromatic carbocycles. The molecule has 0 atom stereocenters. The third-order valence-corrected chi connectivity index (χ3v) is 3.99. The van der Waals surface area contributed by atoms with E-state index in [1.165, 1.54) is 16.7 Å². The van der Waals surface area contributed by atoms with Crippen LogP contribution in [0.3, 0.4) is 0 Å². The van der Waals surface area contributed by atoms with Gasteiger partial charge in [0.25, 0.3) is 0 Å². The van der Waals surface area contributed by atoms with Crippen molar-refractivity contribution in [2.45, 2.75) is 20.0 Å². The van der Waals surface area contributed by atoms with Gasteiger partial charge < -0.3 is 15.2 Å². The van der Waals surface area contributed by atoms with Gasteiger partial charge in [0, 0.05) is 32.5 Å². The van der Waals surface area contributed by atoms with Gasteiger partial charge in [-0.05, 0) is 24.1 Å². The molecule has 0 unspecified atom stereocenters. The fourth-order valence-corrected chi connectivity index (χ4v) is 2.72. The van der Waals surface area contributed by atoms with Crippen molar-refractivity contribution < 1.29 is 0 Å². The lowest BCUT2D eigenvalue weighted by molar-refractivity contribution is 0.803. The van der Waals surface area contributed by atoms with E-state index in [4.69, 9.17) is 0 Å². The van der Waals surface area contributed by atoms with Crippen LogP contribution in [0.1, 0.15) is 16.7 Å². The molecule has 1 heterocycles. The molecule has 0 saturated carbocycles. The van der Waals surface area contributed by atoms with Crippen LogP contribution in [-0.2, 0) is 13.1 Å². The molecule has 0 fully saturated rings. The van der Waals surface area contributed by atoms with Gasteiger partial charge in [-0.15, -0.1) is 0 Å². The first-order chi connectivity index (χ1) is 12.3. The maximum atomic E-state index is 4.31. The molecule has 128 valence electrons. The number of aromatic nitrogens is 2. The Kier molecular flexibility index (Phi) is 5.46. The molecule has 3 rings (SSSR count). The number of imidazole rings is 1. The minimum atomic E-state index is 0.682. The largest absolute Gasteiger partial charge is 0.352 e. The van der Waals surface area contributed by atoms with Crippen LogP contribution in [0.25, 0.3) is 5.69 Å². The molecule has 0 saturated heterocycles. The van der Waals surface area contributed by atoms with Crippen LogP contribution in [0.5, 0.6) is 0 Å². The van der Waals surface area contributed by atoms with Crippen molar-refractivity contribution in [3.8, 4) is 5.69 Å².